The number of hydrogen-bond acceptors (Lipinski definition) is 9. The van der Waals surface area contributed by atoms with Crippen molar-refractivity contribution >= 4 is 41.7 Å². The zero-order valence-electron chi connectivity index (χ0n) is 33.2. The van der Waals surface area contributed by atoms with Crippen LogP contribution >= 0.6 is 0 Å². The van der Waals surface area contributed by atoms with Gasteiger partial charge in [-0.3, -0.25) is 24.0 Å². The van der Waals surface area contributed by atoms with Gasteiger partial charge in [0.2, 0.25) is 17.7 Å². The number of nitrogens with one attached hydrogen (secondary N) is 3. The van der Waals surface area contributed by atoms with Crippen LogP contribution in [0.25, 0.3) is 11.1 Å². The van der Waals surface area contributed by atoms with Crippen LogP contribution < -0.4 is 21.7 Å². The molecule has 0 saturated heterocycles. The lowest BCUT2D eigenvalue weighted by atomic mass is 9.96. The largest absolute Gasteiger partial charge is 0.481 e. The van der Waals surface area contributed by atoms with Crippen LogP contribution in [-0.4, -0.2) is 76.7 Å². The lowest BCUT2D eigenvalue weighted by Gasteiger charge is -2.25. The number of rotatable bonds is 20. The Bertz CT molecular complexity index is 2180. The molecule has 0 aromatic heterocycles. The highest BCUT2D eigenvalue weighted by molar-refractivity contribution is 5.94. The van der Waals surface area contributed by atoms with E-state index in [9.17, 15) is 43.8 Å². The summed E-state index contributed by atoms with van der Waals surface area (Å²) in [5.74, 6) is -6.26. The van der Waals surface area contributed by atoms with Gasteiger partial charge in [-0.05, 0) is 63.8 Å². The second kappa shape index (κ2) is 20.6. The Kier molecular flexibility index (Phi) is 15.1. The average Bonchev–Trinajstić information content (AvgIpc) is 3.53. The Balaban J connectivity index is 1.38. The first-order chi connectivity index (χ1) is 28.7. The summed E-state index contributed by atoms with van der Waals surface area (Å²) in [4.78, 5) is 90.2. The Morgan fingerprint density at radius 2 is 1.30 bits per heavy atom. The van der Waals surface area contributed by atoms with E-state index in [1.54, 1.807) is 24.3 Å². The van der Waals surface area contributed by atoms with E-state index in [0.29, 0.717) is 0 Å². The van der Waals surface area contributed by atoms with Gasteiger partial charge >= 0.3 is 24.0 Å². The first-order valence-electron chi connectivity index (χ1n) is 19.5. The van der Waals surface area contributed by atoms with Crippen LogP contribution in [-0.2, 0) is 52.9 Å². The molecule has 0 saturated carbocycles. The smallest absolute Gasteiger partial charge is 0.407 e. The molecule has 1 aliphatic rings. The van der Waals surface area contributed by atoms with Gasteiger partial charge in [0.25, 0.3) is 0 Å². The van der Waals surface area contributed by atoms with Crippen molar-refractivity contribution in [2.24, 2.45) is 11.7 Å². The summed E-state index contributed by atoms with van der Waals surface area (Å²) in [5.41, 5.74) is 10.2. The number of esters is 1. The number of aliphatic carboxylic acids is 1. The molecular weight excluding hydrogens is 773 g/mol. The number of benzene rings is 4. The van der Waals surface area contributed by atoms with Crippen molar-refractivity contribution in [3.8, 4) is 11.1 Å². The zero-order chi connectivity index (χ0) is 43.3. The molecule has 0 heterocycles. The maximum Gasteiger partial charge on any atom is 0.407 e. The standard InChI is InChI=1S/C45H48N4O11/c1-26(2)20-37(41(46)53)47-43(55)38(22-28-16-17-29(23-39(50)51)34(21-28)44(56)57)48-42(54)36(18-19-40(52)59-24-27-10-4-3-5-11-27)49-45(58)60-25-35-32-14-8-6-12-30(32)31-13-7-9-15-33(31)35/h3-17,21,26,35-38H,18-20,22-25H2,1-2H3,(H2,46,53)(H,47,55)(H,48,54)(H,49,58)(H,50,51)(H,56,57)/t36?,37-,38-/m0/s1. The molecule has 0 spiro atoms. The van der Waals surface area contributed by atoms with Crippen LogP contribution in [0.15, 0.2) is 97.1 Å². The van der Waals surface area contributed by atoms with E-state index in [2.05, 4.69) is 16.0 Å². The third-order valence-corrected chi connectivity index (χ3v) is 10.0. The fraction of sp³-hybridized carbons (Fsp3) is 0.311. The van der Waals surface area contributed by atoms with Crippen molar-refractivity contribution in [1.29, 1.82) is 0 Å². The van der Waals surface area contributed by atoms with Gasteiger partial charge in [-0.25, -0.2) is 9.59 Å². The summed E-state index contributed by atoms with van der Waals surface area (Å²) in [6.45, 7) is 3.53. The normalized spacial score (nSPS) is 13.2. The molecule has 4 amide bonds. The molecule has 15 heteroatoms. The van der Waals surface area contributed by atoms with E-state index in [4.69, 9.17) is 15.2 Å². The van der Waals surface area contributed by atoms with Crippen LogP contribution in [0.5, 0.6) is 0 Å². The Morgan fingerprint density at radius 1 is 0.700 bits per heavy atom. The number of hydrogen-bond donors (Lipinski definition) is 6. The third kappa shape index (κ3) is 12.0. The van der Waals surface area contributed by atoms with Gasteiger partial charge in [-0.15, -0.1) is 0 Å². The molecule has 0 radical (unpaired) electrons. The van der Waals surface area contributed by atoms with Gasteiger partial charge in [-0.2, -0.15) is 0 Å². The number of carboxylic acids is 2. The summed E-state index contributed by atoms with van der Waals surface area (Å²) in [5, 5.41) is 26.9. The number of carbonyl (C=O) groups is 7. The molecule has 0 aliphatic heterocycles. The molecule has 0 fully saturated rings. The van der Waals surface area contributed by atoms with E-state index < -0.39 is 66.3 Å². The Labute approximate surface area is 346 Å². The third-order valence-electron chi connectivity index (χ3n) is 10.0. The van der Waals surface area contributed by atoms with E-state index in [-0.39, 0.29) is 67.4 Å². The van der Waals surface area contributed by atoms with Crippen molar-refractivity contribution in [3.63, 3.8) is 0 Å². The second-order valence-electron chi connectivity index (χ2n) is 14.9. The fourth-order valence-electron chi connectivity index (χ4n) is 7.10. The van der Waals surface area contributed by atoms with E-state index in [0.717, 1.165) is 27.8 Å². The molecule has 314 valence electrons. The van der Waals surface area contributed by atoms with E-state index in [1.807, 2.05) is 68.4 Å². The predicted molar refractivity (Wildman–Crippen MR) is 218 cm³/mol. The van der Waals surface area contributed by atoms with Crippen LogP contribution in [0.3, 0.4) is 0 Å². The van der Waals surface area contributed by atoms with Crippen LogP contribution in [0.2, 0.25) is 0 Å². The van der Waals surface area contributed by atoms with E-state index >= 15 is 0 Å². The fourth-order valence-corrected chi connectivity index (χ4v) is 7.10. The Hall–Kier alpha value is -7.03. The molecule has 1 unspecified atom stereocenters. The predicted octanol–water partition coefficient (Wildman–Crippen LogP) is 4.49. The molecule has 3 atom stereocenters. The molecule has 60 heavy (non-hydrogen) atoms. The van der Waals surface area contributed by atoms with Crippen molar-refractivity contribution in [2.75, 3.05) is 6.61 Å². The van der Waals surface area contributed by atoms with Crippen molar-refractivity contribution in [2.45, 2.75) is 76.6 Å². The monoisotopic (exact) mass is 820 g/mol. The number of aromatic carboxylic acids is 1. The summed E-state index contributed by atoms with van der Waals surface area (Å²) >= 11 is 0. The lowest BCUT2D eigenvalue weighted by Crippen LogP contribution is -2.57. The van der Waals surface area contributed by atoms with Crippen molar-refractivity contribution in [3.05, 3.63) is 130 Å². The van der Waals surface area contributed by atoms with Crippen LogP contribution in [0.1, 0.15) is 77.2 Å². The maximum atomic E-state index is 14.1. The second-order valence-corrected chi connectivity index (χ2v) is 14.9. The number of alkyl carbamates (subject to hydrolysis) is 1. The summed E-state index contributed by atoms with van der Waals surface area (Å²) in [7, 11) is 0. The molecule has 1 aliphatic carbocycles. The first-order valence-corrected chi connectivity index (χ1v) is 19.5. The molecule has 4 aromatic rings. The number of ether oxygens (including phenoxy) is 2. The highest BCUT2D eigenvalue weighted by Crippen LogP contribution is 2.44. The SMILES string of the molecule is CC(C)C[C@H](NC(=O)[C@H](Cc1ccc(CC(=O)O)c(C(=O)O)c1)NC(=O)C(CCC(=O)OCc1ccccc1)NC(=O)OCC1c2ccccc2-c2ccccc21)C(N)=O. The first kappa shape index (κ1) is 44.1. The summed E-state index contributed by atoms with van der Waals surface area (Å²) in [6.07, 6.45) is -2.30. The average molecular weight is 821 g/mol. The van der Waals surface area contributed by atoms with Crippen molar-refractivity contribution in [1.82, 2.24) is 16.0 Å². The number of carbonyl (C=O) groups excluding carboxylic acids is 5. The highest BCUT2D eigenvalue weighted by atomic mass is 16.5. The molecule has 0 bridgehead atoms. The number of primary amides is 1. The van der Waals surface area contributed by atoms with Gasteiger partial charge in [0.05, 0.1) is 12.0 Å². The van der Waals surface area contributed by atoms with Gasteiger partial charge < -0.3 is 41.4 Å². The minimum atomic E-state index is -1.48. The number of nitrogens with two attached hydrogens (primary N) is 1. The van der Waals surface area contributed by atoms with Crippen LogP contribution in [0.4, 0.5) is 4.79 Å². The topological polar surface area (TPSA) is 241 Å². The number of fused-ring (bicyclic) bond motifs is 3. The van der Waals surface area contributed by atoms with Gasteiger partial charge in [0.15, 0.2) is 0 Å². The maximum absolute atomic E-state index is 14.1. The Morgan fingerprint density at radius 3 is 1.90 bits per heavy atom. The van der Waals surface area contributed by atoms with Gasteiger partial charge in [0.1, 0.15) is 31.3 Å². The number of carboxylic acid groups (broad SMARTS) is 2. The quantitative estimate of drug-likeness (QED) is 0.0679. The molecular formula is C45H48N4O11. The van der Waals surface area contributed by atoms with Crippen molar-refractivity contribution < 1.29 is 53.2 Å². The van der Waals surface area contributed by atoms with Gasteiger partial charge in [0, 0.05) is 18.8 Å². The molecule has 15 nitrogen and oxygen atoms in total. The zero-order valence-corrected chi connectivity index (χ0v) is 33.2. The van der Waals surface area contributed by atoms with Gasteiger partial charge in [-0.1, -0.05) is 105 Å². The summed E-state index contributed by atoms with van der Waals surface area (Å²) in [6, 6.07) is 24.3. The lowest BCUT2D eigenvalue weighted by molar-refractivity contribution is -0.145. The number of amides is 4. The summed E-state index contributed by atoms with van der Waals surface area (Å²) < 4.78 is 11.1. The minimum absolute atomic E-state index is 0.0148. The highest BCUT2D eigenvalue weighted by Gasteiger charge is 2.33. The molecule has 7 N–H and O–H groups in total. The molecule has 5 rings (SSSR count). The minimum Gasteiger partial charge on any atom is -0.481 e. The van der Waals surface area contributed by atoms with E-state index in [1.165, 1.54) is 18.2 Å². The van der Waals surface area contributed by atoms with Crippen LogP contribution in [0, 0.1) is 5.92 Å². The molecule has 4 aromatic carbocycles.